The molecule has 0 unspecified atom stereocenters. The topological polar surface area (TPSA) is 89.8 Å². The minimum absolute atomic E-state index is 0.0564. The zero-order valence-electron chi connectivity index (χ0n) is 15.1. The molecular weight excluding hydrogens is 336 g/mol. The van der Waals surface area contributed by atoms with Crippen molar-refractivity contribution in [3.8, 4) is 0 Å². The second-order valence-electron chi connectivity index (χ2n) is 6.71. The number of hydrogen-bond acceptors (Lipinski definition) is 5. The summed E-state index contributed by atoms with van der Waals surface area (Å²) < 4.78 is 4.99. The Labute approximate surface area is 152 Å². The number of nitro groups is 1. The van der Waals surface area contributed by atoms with Crippen molar-refractivity contribution < 1.29 is 19.2 Å². The molecule has 1 aliphatic carbocycles. The van der Waals surface area contributed by atoms with Gasteiger partial charge < -0.3 is 9.64 Å². The monoisotopic (exact) mass is 360 g/mol. The number of ether oxygens (including phenoxy) is 1. The van der Waals surface area contributed by atoms with Crippen LogP contribution in [0, 0.1) is 16.0 Å². The molecule has 0 saturated heterocycles. The van der Waals surface area contributed by atoms with Crippen LogP contribution in [-0.4, -0.2) is 41.4 Å². The fourth-order valence-corrected chi connectivity index (χ4v) is 3.02. The Bertz CT molecular complexity index is 693. The zero-order chi connectivity index (χ0) is 19.1. The van der Waals surface area contributed by atoms with E-state index < -0.39 is 10.9 Å². The third-order valence-corrected chi connectivity index (χ3v) is 4.76. The van der Waals surface area contributed by atoms with E-state index in [1.165, 1.54) is 24.3 Å². The van der Waals surface area contributed by atoms with Crippen LogP contribution in [0.1, 0.15) is 38.2 Å². The van der Waals surface area contributed by atoms with Gasteiger partial charge in [-0.05, 0) is 43.2 Å². The van der Waals surface area contributed by atoms with Crippen molar-refractivity contribution in [3.63, 3.8) is 0 Å². The van der Waals surface area contributed by atoms with Crippen molar-refractivity contribution in [2.75, 3.05) is 13.7 Å². The molecule has 0 spiro atoms. The maximum atomic E-state index is 12.2. The smallest absolute Gasteiger partial charge is 0.331 e. The normalized spacial score (nSPS) is 19.9. The average Bonchev–Trinajstić information content (AvgIpc) is 2.64. The number of carbonyl (C=O) groups is 2. The highest BCUT2D eigenvalue weighted by Crippen LogP contribution is 2.26. The van der Waals surface area contributed by atoms with E-state index in [1.807, 2.05) is 0 Å². The van der Waals surface area contributed by atoms with E-state index in [-0.39, 0.29) is 24.2 Å². The van der Waals surface area contributed by atoms with Crippen LogP contribution in [0.5, 0.6) is 0 Å². The van der Waals surface area contributed by atoms with Gasteiger partial charge in [0.25, 0.3) is 11.6 Å². The summed E-state index contributed by atoms with van der Waals surface area (Å²) in [5.74, 6) is -0.177. The Morgan fingerprint density at radius 1 is 1.31 bits per heavy atom. The first-order valence-corrected chi connectivity index (χ1v) is 8.71. The molecule has 1 aromatic carbocycles. The van der Waals surface area contributed by atoms with Crippen molar-refractivity contribution in [3.05, 3.63) is 46.0 Å². The van der Waals surface area contributed by atoms with Gasteiger partial charge in [-0.15, -0.1) is 0 Å². The SMILES string of the molecule is CC1CCC(N(C)C(=O)COC(=O)/C=C/c2cccc([N+](=O)[O-])c2)CC1. The Balaban J connectivity index is 1.81. The van der Waals surface area contributed by atoms with Crippen molar-refractivity contribution in [1.82, 2.24) is 4.90 Å². The van der Waals surface area contributed by atoms with Crippen LogP contribution in [0.2, 0.25) is 0 Å². The Hall–Kier alpha value is -2.70. The van der Waals surface area contributed by atoms with Gasteiger partial charge in [0.1, 0.15) is 0 Å². The van der Waals surface area contributed by atoms with Crippen LogP contribution in [0.3, 0.4) is 0 Å². The van der Waals surface area contributed by atoms with Gasteiger partial charge in [-0.25, -0.2) is 4.79 Å². The van der Waals surface area contributed by atoms with Crippen LogP contribution in [0.4, 0.5) is 5.69 Å². The van der Waals surface area contributed by atoms with Gasteiger partial charge in [-0.2, -0.15) is 0 Å². The van der Waals surface area contributed by atoms with Gasteiger partial charge >= 0.3 is 5.97 Å². The molecule has 1 fully saturated rings. The molecule has 2 rings (SSSR count). The van der Waals surface area contributed by atoms with E-state index >= 15 is 0 Å². The molecule has 0 aliphatic heterocycles. The lowest BCUT2D eigenvalue weighted by Gasteiger charge is -2.33. The minimum atomic E-state index is -0.657. The number of nitro benzene ring substituents is 1. The molecule has 26 heavy (non-hydrogen) atoms. The molecule has 1 aliphatic rings. The molecule has 0 N–H and O–H groups in total. The number of amides is 1. The summed E-state index contributed by atoms with van der Waals surface area (Å²) in [6.45, 7) is 1.91. The molecule has 0 aromatic heterocycles. The molecule has 1 amide bonds. The predicted molar refractivity (Wildman–Crippen MR) is 97.3 cm³/mol. The van der Waals surface area contributed by atoms with Crippen LogP contribution in [0.25, 0.3) is 6.08 Å². The van der Waals surface area contributed by atoms with E-state index in [0.717, 1.165) is 31.8 Å². The first-order chi connectivity index (χ1) is 12.4. The van der Waals surface area contributed by atoms with Crippen molar-refractivity contribution in [2.24, 2.45) is 5.92 Å². The highest BCUT2D eigenvalue weighted by atomic mass is 16.6. The highest BCUT2D eigenvalue weighted by Gasteiger charge is 2.25. The number of hydrogen-bond donors (Lipinski definition) is 0. The Kier molecular flexibility index (Phi) is 6.89. The van der Waals surface area contributed by atoms with E-state index in [1.54, 1.807) is 18.0 Å². The minimum Gasteiger partial charge on any atom is -0.452 e. The lowest BCUT2D eigenvalue weighted by Crippen LogP contribution is -2.41. The maximum Gasteiger partial charge on any atom is 0.331 e. The van der Waals surface area contributed by atoms with Crippen LogP contribution >= 0.6 is 0 Å². The second kappa shape index (κ2) is 9.12. The number of non-ortho nitro benzene ring substituents is 1. The number of benzene rings is 1. The predicted octanol–water partition coefficient (Wildman–Crippen LogP) is 3.19. The summed E-state index contributed by atoms with van der Waals surface area (Å²) in [4.78, 5) is 35.8. The molecule has 1 saturated carbocycles. The maximum absolute atomic E-state index is 12.2. The van der Waals surface area contributed by atoms with Gasteiger partial charge in [0, 0.05) is 31.3 Å². The molecule has 140 valence electrons. The number of nitrogens with zero attached hydrogens (tertiary/aromatic N) is 2. The van der Waals surface area contributed by atoms with Crippen LogP contribution in [0.15, 0.2) is 30.3 Å². The first-order valence-electron chi connectivity index (χ1n) is 8.71. The third kappa shape index (κ3) is 5.68. The van der Waals surface area contributed by atoms with Crippen molar-refractivity contribution in [2.45, 2.75) is 38.6 Å². The second-order valence-corrected chi connectivity index (χ2v) is 6.71. The fourth-order valence-electron chi connectivity index (χ4n) is 3.02. The summed E-state index contributed by atoms with van der Waals surface area (Å²) in [6, 6.07) is 6.10. The third-order valence-electron chi connectivity index (χ3n) is 4.76. The summed E-state index contributed by atoms with van der Waals surface area (Å²) in [5.41, 5.74) is 0.454. The molecule has 7 heteroatoms. The first kappa shape index (κ1) is 19.6. The van der Waals surface area contributed by atoms with E-state index in [4.69, 9.17) is 4.74 Å². The number of carbonyl (C=O) groups excluding carboxylic acids is 2. The lowest BCUT2D eigenvalue weighted by molar-refractivity contribution is -0.384. The summed E-state index contributed by atoms with van der Waals surface area (Å²) in [7, 11) is 1.75. The van der Waals surface area contributed by atoms with E-state index in [2.05, 4.69) is 6.92 Å². The number of likely N-dealkylation sites (N-methyl/N-ethyl adjacent to an activating group) is 1. The van der Waals surface area contributed by atoms with Crippen LogP contribution in [-0.2, 0) is 14.3 Å². The Morgan fingerprint density at radius 3 is 2.65 bits per heavy atom. The van der Waals surface area contributed by atoms with E-state index in [0.29, 0.717) is 11.5 Å². The molecule has 7 nitrogen and oxygen atoms in total. The van der Waals surface area contributed by atoms with Crippen LogP contribution < -0.4 is 0 Å². The fraction of sp³-hybridized carbons (Fsp3) is 0.474. The Morgan fingerprint density at radius 2 is 2.00 bits per heavy atom. The largest absolute Gasteiger partial charge is 0.452 e. The van der Waals surface area contributed by atoms with E-state index in [9.17, 15) is 19.7 Å². The highest BCUT2D eigenvalue weighted by molar-refractivity contribution is 5.89. The molecule has 0 atom stereocenters. The lowest BCUT2D eigenvalue weighted by atomic mass is 9.87. The quantitative estimate of drug-likeness (QED) is 0.336. The molecule has 0 bridgehead atoms. The average molecular weight is 360 g/mol. The van der Waals surface area contributed by atoms with Gasteiger partial charge in [0.05, 0.1) is 4.92 Å². The zero-order valence-corrected chi connectivity index (χ0v) is 15.1. The van der Waals surface area contributed by atoms with Gasteiger partial charge in [-0.1, -0.05) is 19.1 Å². The molecular formula is C19H24N2O5. The van der Waals surface area contributed by atoms with Gasteiger partial charge in [0.15, 0.2) is 6.61 Å². The number of esters is 1. The van der Waals surface area contributed by atoms with Gasteiger partial charge in [0.2, 0.25) is 0 Å². The van der Waals surface area contributed by atoms with Gasteiger partial charge in [-0.3, -0.25) is 14.9 Å². The molecule has 0 heterocycles. The summed E-state index contributed by atoms with van der Waals surface area (Å²) in [6.07, 6.45) is 6.75. The summed E-state index contributed by atoms with van der Waals surface area (Å²) >= 11 is 0. The molecule has 1 aromatic rings. The summed E-state index contributed by atoms with van der Waals surface area (Å²) in [5, 5.41) is 10.7. The van der Waals surface area contributed by atoms with Crippen molar-refractivity contribution in [1.29, 1.82) is 0 Å². The van der Waals surface area contributed by atoms with Crippen molar-refractivity contribution >= 4 is 23.6 Å². The molecule has 0 radical (unpaired) electrons. The number of rotatable bonds is 6. The standard InChI is InChI=1S/C19H24N2O5/c1-14-6-9-16(10-7-14)20(2)18(22)13-26-19(23)11-8-15-4-3-5-17(12-15)21(24)25/h3-5,8,11-12,14,16H,6-7,9-10,13H2,1-2H3/b11-8+.